The lowest BCUT2D eigenvalue weighted by molar-refractivity contribution is 0.0314. The molecule has 7 nitrogen and oxygen atoms in total. The van der Waals surface area contributed by atoms with Crippen molar-refractivity contribution in [2.75, 3.05) is 13.1 Å². The van der Waals surface area contributed by atoms with Gasteiger partial charge in [0.1, 0.15) is 12.7 Å². The molecular weight excluding hydrogens is 270 g/mol. The molecule has 0 bridgehead atoms. The Kier molecular flexibility index (Phi) is 4.32. The van der Waals surface area contributed by atoms with Crippen molar-refractivity contribution in [3.05, 3.63) is 36.5 Å². The second-order valence-electron chi connectivity index (χ2n) is 5.38. The summed E-state index contributed by atoms with van der Waals surface area (Å²) in [5.41, 5.74) is -0.454. The Morgan fingerprint density at radius 3 is 2.67 bits per heavy atom. The van der Waals surface area contributed by atoms with Crippen LogP contribution in [0.15, 0.2) is 31.0 Å². The van der Waals surface area contributed by atoms with Crippen molar-refractivity contribution in [2.45, 2.75) is 26.4 Å². The van der Waals surface area contributed by atoms with E-state index in [-0.39, 0.29) is 12.5 Å². The normalized spacial score (nSPS) is 11.4. The summed E-state index contributed by atoms with van der Waals surface area (Å²) in [5.74, 6) is 0.437. The first-order valence-corrected chi connectivity index (χ1v) is 6.73. The van der Waals surface area contributed by atoms with Gasteiger partial charge in [-0.2, -0.15) is 5.10 Å². The van der Waals surface area contributed by atoms with Gasteiger partial charge in [0, 0.05) is 19.3 Å². The summed E-state index contributed by atoms with van der Waals surface area (Å²) >= 11 is 0. The van der Waals surface area contributed by atoms with Crippen LogP contribution in [-0.2, 0) is 0 Å². The molecule has 2 aromatic rings. The van der Waals surface area contributed by atoms with Crippen molar-refractivity contribution in [3.8, 4) is 5.82 Å². The molecule has 0 atom stereocenters. The van der Waals surface area contributed by atoms with Crippen LogP contribution in [0, 0.1) is 0 Å². The number of rotatable bonds is 5. The molecule has 0 aromatic carbocycles. The molecule has 0 aliphatic rings. The van der Waals surface area contributed by atoms with Gasteiger partial charge >= 0.3 is 0 Å². The maximum atomic E-state index is 12.4. The average Bonchev–Trinajstić information content (AvgIpc) is 2.97. The Morgan fingerprint density at radius 1 is 1.43 bits per heavy atom. The smallest absolute Gasteiger partial charge is 0.255 e. The van der Waals surface area contributed by atoms with Crippen molar-refractivity contribution in [3.63, 3.8) is 0 Å². The summed E-state index contributed by atoms with van der Waals surface area (Å²) in [6.07, 6.45) is 4.46. The monoisotopic (exact) mass is 289 g/mol. The number of likely N-dealkylation sites (N-methyl/N-ethyl adjacent to an activating group) is 1. The highest BCUT2D eigenvalue weighted by atomic mass is 16.3. The Bertz CT molecular complexity index is 587. The van der Waals surface area contributed by atoms with E-state index in [0.717, 1.165) is 0 Å². The number of hydrogen-bond donors (Lipinski definition) is 1. The minimum Gasteiger partial charge on any atom is -0.389 e. The summed E-state index contributed by atoms with van der Waals surface area (Å²) in [4.78, 5) is 22.0. The van der Waals surface area contributed by atoms with Crippen LogP contribution in [0.1, 0.15) is 31.1 Å². The molecule has 0 spiro atoms. The standard InChI is InChI=1S/C14H19N5O2/c1-4-18(8-14(2,3)21)13(20)11-5-6-12(16-7-11)19-10-15-9-17-19/h5-7,9-10,21H,4,8H2,1-3H3. The molecule has 2 aromatic heterocycles. The first-order chi connectivity index (χ1) is 9.90. The Balaban J connectivity index is 2.15. The van der Waals surface area contributed by atoms with Crippen LogP contribution < -0.4 is 0 Å². The Hall–Kier alpha value is -2.28. The van der Waals surface area contributed by atoms with Crippen LogP contribution in [0.5, 0.6) is 0 Å². The van der Waals surface area contributed by atoms with Crippen molar-refractivity contribution < 1.29 is 9.90 Å². The molecule has 0 saturated heterocycles. The van der Waals surface area contributed by atoms with E-state index in [2.05, 4.69) is 15.1 Å². The van der Waals surface area contributed by atoms with Gasteiger partial charge in [-0.25, -0.2) is 14.6 Å². The lowest BCUT2D eigenvalue weighted by atomic mass is 10.1. The predicted octanol–water partition coefficient (Wildman–Crippen LogP) is 0.895. The minimum absolute atomic E-state index is 0.155. The molecular formula is C14H19N5O2. The molecule has 0 unspecified atom stereocenters. The first-order valence-electron chi connectivity index (χ1n) is 6.73. The molecule has 0 saturated carbocycles. The topological polar surface area (TPSA) is 84.1 Å². The molecule has 112 valence electrons. The molecule has 1 N–H and O–H groups in total. The fourth-order valence-electron chi connectivity index (χ4n) is 1.95. The third kappa shape index (κ3) is 3.85. The van der Waals surface area contributed by atoms with E-state index in [1.165, 1.54) is 23.5 Å². The molecule has 0 radical (unpaired) electrons. The predicted molar refractivity (Wildman–Crippen MR) is 77.0 cm³/mol. The minimum atomic E-state index is -0.931. The molecule has 0 aliphatic heterocycles. The van der Waals surface area contributed by atoms with Crippen LogP contribution in [0.2, 0.25) is 0 Å². The SMILES string of the molecule is CCN(CC(C)(C)O)C(=O)c1ccc(-n2cncn2)nc1. The largest absolute Gasteiger partial charge is 0.389 e. The lowest BCUT2D eigenvalue weighted by Crippen LogP contribution is -2.42. The fraction of sp³-hybridized carbons (Fsp3) is 0.429. The van der Waals surface area contributed by atoms with Crippen molar-refractivity contribution in [1.82, 2.24) is 24.6 Å². The number of carbonyl (C=O) groups is 1. The van der Waals surface area contributed by atoms with E-state index in [1.54, 1.807) is 30.9 Å². The van der Waals surface area contributed by atoms with Crippen LogP contribution in [0.4, 0.5) is 0 Å². The van der Waals surface area contributed by atoms with Gasteiger partial charge in [0.15, 0.2) is 5.82 Å². The van der Waals surface area contributed by atoms with Crippen LogP contribution in [0.3, 0.4) is 0 Å². The molecule has 2 heterocycles. The number of aliphatic hydroxyl groups is 1. The van der Waals surface area contributed by atoms with Gasteiger partial charge in [0.05, 0.1) is 11.2 Å². The molecule has 7 heteroatoms. The number of carbonyl (C=O) groups excluding carboxylic acids is 1. The van der Waals surface area contributed by atoms with E-state index in [9.17, 15) is 9.90 Å². The molecule has 1 amide bonds. The highest BCUT2D eigenvalue weighted by Gasteiger charge is 2.22. The zero-order chi connectivity index (χ0) is 15.5. The van der Waals surface area contributed by atoms with E-state index < -0.39 is 5.60 Å². The maximum Gasteiger partial charge on any atom is 0.255 e. The molecule has 21 heavy (non-hydrogen) atoms. The van der Waals surface area contributed by atoms with Gasteiger partial charge in [-0.3, -0.25) is 4.79 Å². The summed E-state index contributed by atoms with van der Waals surface area (Å²) in [7, 11) is 0. The highest BCUT2D eigenvalue weighted by molar-refractivity contribution is 5.94. The van der Waals surface area contributed by atoms with Crippen molar-refractivity contribution >= 4 is 5.91 Å². The van der Waals surface area contributed by atoms with Gasteiger partial charge in [-0.05, 0) is 32.9 Å². The van der Waals surface area contributed by atoms with Crippen LogP contribution in [0.25, 0.3) is 5.82 Å². The third-order valence-corrected chi connectivity index (χ3v) is 2.90. The fourth-order valence-corrected chi connectivity index (χ4v) is 1.95. The second kappa shape index (κ2) is 6.01. The third-order valence-electron chi connectivity index (χ3n) is 2.90. The number of pyridine rings is 1. The zero-order valence-electron chi connectivity index (χ0n) is 12.4. The van der Waals surface area contributed by atoms with Crippen LogP contribution >= 0.6 is 0 Å². The second-order valence-corrected chi connectivity index (χ2v) is 5.38. The van der Waals surface area contributed by atoms with Gasteiger partial charge in [0.2, 0.25) is 0 Å². The molecule has 0 fully saturated rings. The van der Waals surface area contributed by atoms with Crippen molar-refractivity contribution in [1.29, 1.82) is 0 Å². The Morgan fingerprint density at radius 2 is 2.19 bits per heavy atom. The average molecular weight is 289 g/mol. The quantitative estimate of drug-likeness (QED) is 0.884. The lowest BCUT2D eigenvalue weighted by Gasteiger charge is -2.28. The number of nitrogens with zero attached hydrogens (tertiary/aromatic N) is 5. The van der Waals surface area contributed by atoms with Crippen LogP contribution in [-0.4, -0.2) is 54.4 Å². The summed E-state index contributed by atoms with van der Waals surface area (Å²) < 4.78 is 1.52. The zero-order valence-corrected chi connectivity index (χ0v) is 12.4. The molecule has 0 aliphatic carbocycles. The van der Waals surface area contributed by atoms with Gasteiger partial charge in [-0.15, -0.1) is 0 Å². The summed E-state index contributed by atoms with van der Waals surface area (Å²) in [5, 5.41) is 13.8. The van der Waals surface area contributed by atoms with Gasteiger partial charge in [-0.1, -0.05) is 0 Å². The van der Waals surface area contributed by atoms with E-state index in [1.807, 2.05) is 6.92 Å². The van der Waals surface area contributed by atoms with Gasteiger partial charge < -0.3 is 10.0 Å². The number of hydrogen-bond acceptors (Lipinski definition) is 5. The number of amides is 1. The van der Waals surface area contributed by atoms with E-state index in [4.69, 9.17) is 0 Å². The first kappa shape index (κ1) is 15.1. The number of aromatic nitrogens is 4. The Labute approximate surface area is 123 Å². The van der Waals surface area contributed by atoms with Gasteiger partial charge in [0.25, 0.3) is 5.91 Å². The highest BCUT2D eigenvalue weighted by Crippen LogP contribution is 2.11. The van der Waals surface area contributed by atoms with E-state index in [0.29, 0.717) is 17.9 Å². The van der Waals surface area contributed by atoms with E-state index >= 15 is 0 Å². The maximum absolute atomic E-state index is 12.4. The van der Waals surface area contributed by atoms with Crippen molar-refractivity contribution in [2.24, 2.45) is 0 Å². The summed E-state index contributed by atoms with van der Waals surface area (Å²) in [6, 6.07) is 3.40. The molecule has 2 rings (SSSR count). The summed E-state index contributed by atoms with van der Waals surface area (Å²) in [6.45, 7) is 6.02.